The van der Waals surface area contributed by atoms with Gasteiger partial charge in [0.1, 0.15) is 0 Å². The molecule has 0 radical (unpaired) electrons. The second kappa shape index (κ2) is 9.44. The van der Waals surface area contributed by atoms with Crippen LogP contribution in [0.25, 0.3) is 0 Å². The Morgan fingerprint density at radius 3 is 2.41 bits per heavy atom. The van der Waals surface area contributed by atoms with Crippen molar-refractivity contribution in [3.63, 3.8) is 0 Å². The van der Waals surface area contributed by atoms with Crippen molar-refractivity contribution >= 4 is 0 Å². The van der Waals surface area contributed by atoms with Crippen molar-refractivity contribution in [2.45, 2.75) is 64.8 Å². The van der Waals surface area contributed by atoms with Gasteiger partial charge in [0.05, 0.1) is 6.07 Å². The van der Waals surface area contributed by atoms with E-state index in [1.807, 2.05) is 0 Å². The van der Waals surface area contributed by atoms with E-state index in [0.29, 0.717) is 6.42 Å². The van der Waals surface area contributed by atoms with Crippen LogP contribution in [0, 0.1) is 11.3 Å². The van der Waals surface area contributed by atoms with Gasteiger partial charge in [0.15, 0.2) is 0 Å². The molecule has 0 aromatic heterocycles. The molecule has 100 valence electrons. The molecule has 0 fully saturated rings. The lowest BCUT2D eigenvalue weighted by atomic mass is 9.89. The third-order valence-corrected chi connectivity index (χ3v) is 3.67. The Morgan fingerprint density at radius 1 is 1.24 bits per heavy atom. The first-order chi connectivity index (χ1) is 8.14. The van der Waals surface area contributed by atoms with Crippen LogP contribution >= 0.6 is 0 Å². The van der Waals surface area contributed by atoms with E-state index in [1.165, 1.54) is 19.3 Å². The Bertz CT molecular complexity index is 225. The van der Waals surface area contributed by atoms with Crippen molar-refractivity contribution in [2.75, 3.05) is 19.7 Å². The molecule has 1 N–H and O–H groups in total. The number of nitrogens with zero attached hydrogens (tertiary/aromatic N) is 2. The van der Waals surface area contributed by atoms with Gasteiger partial charge in [0.2, 0.25) is 0 Å². The molecule has 1 atom stereocenters. The van der Waals surface area contributed by atoms with Gasteiger partial charge < -0.3 is 5.11 Å². The van der Waals surface area contributed by atoms with Crippen LogP contribution in [0.1, 0.15) is 59.3 Å². The van der Waals surface area contributed by atoms with Crippen molar-refractivity contribution in [2.24, 2.45) is 0 Å². The maximum absolute atomic E-state index is 8.96. The van der Waals surface area contributed by atoms with E-state index in [0.717, 1.165) is 25.9 Å². The molecule has 0 aromatic rings. The molecule has 0 aliphatic rings. The van der Waals surface area contributed by atoms with Crippen LogP contribution < -0.4 is 0 Å². The van der Waals surface area contributed by atoms with Crippen LogP contribution in [0.4, 0.5) is 0 Å². The number of nitriles is 1. The summed E-state index contributed by atoms with van der Waals surface area (Å²) in [6.45, 7) is 8.67. The highest BCUT2D eigenvalue weighted by Gasteiger charge is 2.28. The number of rotatable bonds is 10. The Morgan fingerprint density at radius 2 is 1.94 bits per heavy atom. The zero-order valence-electron chi connectivity index (χ0n) is 11.7. The largest absolute Gasteiger partial charge is 0.396 e. The van der Waals surface area contributed by atoms with Gasteiger partial charge in [0.25, 0.3) is 0 Å². The van der Waals surface area contributed by atoms with Crippen LogP contribution in [-0.2, 0) is 0 Å². The highest BCUT2D eigenvalue weighted by molar-refractivity contribution is 4.87. The predicted molar refractivity (Wildman–Crippen MR) is 71.7 cm³/mol. The second-order valence-electron chi connectivity index (χ2n) is 4.93. The standard InChI is InChI=1S/C14H28N2O/c1-4-6-9-14(3,5-2)16(11-7-10-15)12-8-13-17/h17H,4-9,11-13H2,1-3H3. The van der Waals surface area contributed by atoms with E-state index in [2.05, 4.69) is 31.7 Å². The van der Waals surface area contributed by atoms with Crippen molar-refractivity contribution in [1.29, 1.82) is 5.26 Å². The topological polar surface area (TPSA) is 47.3 Å². The van der Waals surface area contributed by atoms with Crippen LogP contribution in [-0.4, -0.2) is 35.2 Å². The molecule has 17 heavy (non-hydrogen) atoms. The lowest BCUT2D eigenvalue weighted by molar-refractivity contribution is 0.0818. The Hall–Kier alpha value is -0.590. The molecule has 0 saturated heterocycles. The average molecular weight is 240 g/mol. The summed E-state index contributed by atoms with van der Waals surface area (Å²) in [6.07, 6.45) is 6.09. The minimum atomic E-state index is 0.183. The molecule has 0 aliphatic heterocycles. The van der Waals surface area contributed by atoms with E-state index in [9.17, 15) is 0 Å². The van der Waals surface area contributed by atoms with Gasteiger partial charge in [-0.15, -0.1) is 0 Å². The van der Waals surface area contributed by atoms with Gasteiger partial charge in [-0.2, -0.15) is 5.26 Å². The molecule has 3 nitrogen and oxygen atoms in total. The molecule has 0 aliphatic carbocycles. The molecule has 3 heteroatoms. The number of aliphatic hydroxyl groups is 1. The van der Waals surface area contributed by atoms with Crippen LogP contribution in [0.2, 0.25) is 0 Å². The smallest absolute Gasteiger partial charge is 0.0635 e. The van der Waals surface area contributed by atoms with Crippen LogP contribution in [0.15, 0.2) is 0 Å². The third kappa shape index (κ3) is 6.05. The third-order valence-electron chi connectivity index (χ3n) is 3.67. The van der Waals surface area contributed by atoms with Gasteiger partial charge in [-0.3, -0.25) is 4.90 Å². The molecular formula is C14H28N2O. The first-order valence-electron chi connectivity index (χ1n) is 6.87. The molecule has 0 heterocycles. The fraction of sp³-hybridized carbons (Fsp3) is 0.929. The van der Waals surface area contributed by atoms with Crippen molar-refractivity contribution in [1.82, 2.24) is 4.90 Å². The quantitative estimate of drug-likeness (QED) is 0.638. The Balaban J connectivity index is 4.50. The maximum atomic E-state index is 8.96. The van der Waals surface area contributed by atoms with E-state index in [1.54, 1.807) is 0 Å². The first-order valence-corrected chi connectivity index (χ1v) is 6.87. The molecule has 1 unspecified atom stereocenters. The normalized spacial score (nSPS) is 14.6. The first kappa shape index (κ1) is 16.4. The van der Waals surface area contributed by atoms with Gasteiger partial charge in [-0.25, -0.2) is 0 Å². The van der Waals surface area contributed by atoms with E-state index in [-0.39, 0.29) is 12.1 Å². The molecule has 0 saturated carbocycles. The summed E-state index contributed by atoms with van der Waals surface area (Å²) in [6, 6.07) is 2.22. The number of aliphatic hydroxyl groups excluding tert-OH is 1. The predicted octanol–water partition coefficient (Wildman–Crippen LogP) is 2.94. The van der Waals surface area contributed by atoms with E-state index in [4.69, 9.17) is 10.4 Å². The highest BCUT2D eigenvalue weighted by Crippen LogP contribution is 2.26. The average Bonchev–Trinajstić information content (AvgIpc) is 2.36. The second-order valence-corrected chi connectivity index (χ2v) is 4.93. The molecule has 0 rings (SSSR count). The summed E-state index contributed by atoms with van der Waals surface area (Å²) in [5, 5.41) is 17.7. The maximum Gasteiger partial charge on any atom is 0.0635 e. The Labute approximate surface area is 106 Å². The SMILES string of the molecule is CCCCC(C)(CC)N(CCC#N)CCCO. The summed E-state index contributed by atoms with van der Waals surface area (Å²) in [5.41, 5.74) is 0.183. The zero-order chi connectivity index (χ0) is 13.1. The summed E-state index contributed by atoms with van der Waals surface area (Å²) >= 11 is 0. The minimum absolute atomic E-state index is 0.183. The van der Waals surface area contributed by atoms with Crippen LogP contribution in [0.5, 0.6) is 0 Å². The lowest BCUT2D eigenvalue weighted by Crippen LogP contribution is -2.47. The van der Waals surface area contributed by atoms with Gasteiger partial charge >= 0.3 is 0 Å². The van der Waals surface area contributed by atoms with Gasteiger partial charge in [-0.05, 0) is 26.2 Å². The van der Waals surface area contributed by atoms with Gasteiger partial charge in [0, 0.05) is 31.7 Å². The fourth-order valence-corrected chi connectivity index (χ4v) is 2.21. The summed E-state index contributed by atoms with van der Waals surface area (Å²) in [7, 11) is 0. The summed E-state index contributed by atoms with van der Waals surface area (Å²) < 4.78 is 0. The number of unbranched alkanes of at least 4 members (excludes halogenated alkanes) is 1. The molecular weight excluding hydrogens is 212 g/mol. The lowest BCUT2D eigenvalue weighted by Gasteiger charge is -2.41. The number of hydrogen-bond donors (Lipinski definition) is 1. The number of hydrogen-bond acceptors (Lipinski definition) is 3. The highest BCUT2D eigenvalue weighted by atomic mass is 16.3. The van der Waals surface area contributed by atoms with Crippen molar-refractivity contribution < 1.29 is 5.11 Å². The molecule has 0 bridgehead atoms. The molecule has 0 amide bonds. The van der Waals surface area contributed by atoms with Gasteiger partial charge in [-0.1, -0.05) is 26.7 Å². The fourth-order valence-electron chi connectivity index (χ4n) is 2.21. The zero-order valence-corrected chi connectivity index (χ0v) is 11.7. The van der Waals surface area contributed by atoms with Crippen molar-refractivity contribution in [3.05, 3.63) is 0 Å². The van der Waals surface area contributed by atoms with E-state index >= 15 is 0 Å². The monoisotopic (exact) mass is 240 g/mol. The van der Waals surface area contributed by atoms with Crippen molar-refractivity contribution in [3.8, 4) is 6.07 Å². The minimum Gasteiger partial charge on any atom is -0.396 e. The summed E-state index contributed by atoms with van der Waals surface area (Å²) in [4.78, 5) is 2.39. The Kier molecular flexibility index (Phi) is 9.11. The molecule has 0 spiro atoms. The summed E-state index contributed by atoms with van der Waals surface area (Å²) in [5.74, 6) is 0. The van der Waals surface area contributed by atoms with E-state index < -0.39 is 0 Å². The van der Waals surface area contributed by atoms with Crippen LogP contribution in [0.3, 0.4) is 0 Å². The molecule has 0 aromatic carbocycles.